The van der Waals surface area contributed by atoms with E-state index in [1.54, 1.807) is 12.2 Å². The number of allylic oxidation sites excluding steroid dienone is 9. The standard InChI is InChI=1S/C20H30O2/c1-2-3-4-5-6-7-8-9-10-11-12-13-14-15-16-17-18-19-20(21)22/h10-19H,2-9H2,1H3,(H,21,22)/b11-10-,13-12-,15-14+,17-16?,19-18?. The molecule has 0 rings (SSSR count). The fourth-order valence-electron chi connectivity index (χ4n) is 1.92. The fraction of sp³-hybridized carbons (Fsp3) is 0.450. The van der Waals surface area contributed by atoms with Gasteiger partial charge in [0.2, 0.25) is 0 Å². The third-order valence-corrected chi connectivity index (χ3v) is 3.13. The number of aliphatic carboxylic acids is 1. The van der Waals surface area contributed by atoms with Gasteiger partial charge in [0.25, 0.3) is 0 Å². The van der Waals surface area contributed by atoms with E-state index in [1.165, 1.54) is 51.0 Å². The topological polar surface area (TPSA) is 37.3 Å². The lowest BCUT2D eigenvalue weighted by atomic mass is 10.1. The Hall–Kier alpha value is -1.83. The molecule has 0 aromatic heterocycles. The second-order valence-electron chi connectivity index (χ2n) is 5.19. The second kappa shape index (κ2) is 17.2. The molecule has 0 heterocycles. The van der Waals surface area contributed by atoms with Crippen LogP contribution in [0.4, 0.5) is 0 Å². The Bertz CT molecular complexity index is 398. The van der Waals surface area contributed by atoms with E-state index in [0.717, 1.165) is 12.5 Å². The molecule has 22 heavy (non-hydrogen) atoms. The molecule has 0 aliphatic rings. The Kier molecular flexibility index (Phi) is 15.8. The summed E-state index contributed by atoms with van der Waals surface area (Å²) in [6, 6.07) is 0. The van der Waals surface area contributed by atoms with E-state index >= 15 is 0 Å². The zero-order valence-corrected chi connectivity index (χ0v) is 13.8. The predicted molar refractivity (Wildman–Crippen MR) is 95.9 cm³/mol. The Morgan fingerprint density at radius 1 is 0.727 bits per heavy atom. The SMILES string of the molecule is CCCCCCCCC\C=C/C=C\C=C\C=CC=CC(=O)O. The van der Waals surface area contributed by atoms with Gasteiger partial charge in [-0.2, -0.15) is 0 Å². The van der Waals surface area contributed by atoms with Gasteiger partial charge in [0.05, 0.1) is 0 Å². The summed E-state index contributed by atoms with van der Waals surface area (Å²) >= 11 is 0. The first-order chi connectivity index (χ1) is 10.8. The first-order valence-electron chi connectivity index (χ1n) is 8.33. The first kappa shape index (κ1) is 20.2. The molecule has 0 aromatic rings. The van der Waals surface area contributed by atoms with E-state index in [4.69, 9.17) is 5.11 Å². The maximum atomic E-state index is 10.2. The van der Waals surface area contributed by atoms with Gasteiger partial charge < -0.3 is 5.11 Å². The highest BCUT2D eigenvalue weighted by atomic mass is 16.4. The third kappa shape index (κ3) is 18.2. The summed E-state index contributed by atoms with van der Waals surface area (Å²) in [4.78, 5) is 10.2. The molecule has 0 atom stereocenters. The van der Waals surface area contributed by atoms with Gasteiger partial charge in [-0.1, -0.05) is 100 Å². The molecular formula is C20H30O2. The van der Waals surface area contributed by atoms with E-state index in [1.807, 2.05) is 24.3 Å². The van der Waals surface area contributed by atoms with E-state index in [-0.39, 0.29) is 0 Å². The lowest BCUT2D eigenvalue weighted by Crippen LogP contribution is -1.84. The molecular weight excluding hydrogens is 272 g/mol. The van der Waals surface area contributed by atoms with Crippen molar-refractivity contribution in [2.24, 2.45) is 0 Å². The van der Waals surface area contributed by atoms with Gasteiger partial charge in [-0.25, -0.2) is 4.79 Å². The number of hydrogen-bond acceptors (Lipinski definition) is 1. The van der Waals surface area contributed by atoms with Gasteiger partial charge in [0.15, 0.2) is 0 Å². The summed E-state index contributed by atoms with van der Waals surface area (Å²) in [7, 11) is 0. The van der Waals surface area contributed by atoms with Crippen LogP contribution < -0.4 is 0 Å². The summed E-state index contributed by atoms with van der Waals surface area (Å²) in [5.41, 5.74) is 0. The molecule has 2 heteroatoms. The summed E-state index contributed by atoms with van der Waals surface area (Å²) in [6.45, 7) is 2.25. The summed E-state index contributed by atoms with van der Waals surface area (Å²) < 4.78 is 0. The molecule has 0 amide bonds. The Labute approximate surface area is 135 Å². The van der Waals surface area contributed by atoms with Crippen molar-refractivity contribution in [2.75, 3.05) is 0 Å². The van der Waals surface area contributed by atoms with E-state index in [2.05, 4.69) is 19.1 Å². The average molecular weight is 302 g/mol. The molecule has 0 radical (unpaired) electrons. The largest absolute Gasteiger partial charge is 0.478 e. The highest BCUT2D eigenvalue weighted by Gasteiger charge is 1.88. The lowest BCUT2D eigenvalue weighted by molar-refractivity contribution is -0.131. The monoisotopic (exact) mass is 302 g/mol. The normalized spacial score (nSPS) is 12.8. The average Bonchev–Trinajstić information content (AvgIpc) is 2.50. The molecule has 0 spiro atoms. The molecule has 122 valence electrons. The van der Waals surface area contributed by atoms with Gasteiger partial charge in [0, 0.05) is 6.08 Å². The van der Waals surface area contributed by atoms with Crippen LogP contribution >= 0.6 is 0 Å². The number of carboxylic acids is 1. The Morgan fingerprint density at radius 3 is 1.82 bits per heavy atom. The fourth-order valence-corrected chi connectivity index (χ4v) is 1.92. The van der Waals surface area contributed by atoms with Crippen LogP contribution in [-0.2, 0) is 4.79 Å². The molecule has 0 unspecified atom stereocenters. The molecule has 2 nitrogen and oxygen atoms in total. The van der Waals surface area contributed by atoms with Gasteiger partial charge in [0.1, 0.15) is 0 Å². The van der Waals surface area contributed by atoms with E-state index < -0.39 is 5.97 Å². The lowest BCUT2D eigenvalue weighted by Gasteiger charge is -1.98. The van der Waals surface area contributed by atoms with Crippen molar-refractivity contribution in [2.45, 2.75) is 58.3 Å². The number of carbonyl (C=O) groups is 1. The highest BCUT2D eigenvalue weighted by molar-refractivity contribution is 5.80. The van der Waals surface area contributed by atoms with Crippen molar-refractivity contribution in [1.29, 1.82) is 0 Å². The minimum absolute atomic E-state index is 0.931. The zero-order valence-electron chi connectivity index (χ0n) is 13.8. The Morgan fingerprint density at radius 2 is 1.23 bits per heavy atom. The molecule has 0 fully saturated rings. The summed E-state index contributed by atoms with van der Waals surface area (Å²) in [6.07, 6.45) is 28.8. The van der Waals surface area contributed by atoms with E-state index in [0.29, 0.717) is 0 Å². The second-order valence-corrected chi connectivity index (χ2v) is 5.19. The van der Waals surface area contributed by atoms with Gasteiger partial charge >= 0.3 is 5.97 Å². The Balaban J connectivity index is 3.50. The van der Waals surface area contributed by atoms with Crippen LogP contribution in [0.15, 0.2) is 60.8 Å². The summed E-state index contributed by atoms with van der Waals surface area (Å²) in [5.74, 6) is -0.931. The molecule has 0 aliphatic carbocycles. The van der Waals surface area contributed by atoms with Crippen molar-refractivity contribution in [3.63, 3.8) is 0 Å². The molecule has 0 saturated carbocycles. The highest BCUT2D eigenvalue weighted by Crippen LogP contribution is 2.08. The maximum Gasteiger partial charge on any atom is 0.328 e. The van der Waals surface area contributed by atoms with Gasteiger partial charge in [-0.15, -0.1) is 0 Å². The van der Waals surface area contributed by atoms with E-state index in [9.17, 15) is 4.79 Å². The van der Waals surface area contributed by atoms with Crippen LogP contribution in [0.2, 0.25) is 0 Å². The minimum atomic E-state index is -0.931. The van der Waals surface area contributed by atoms with Crippen molar-refractivity contribution in [3.05, 3.63) is 60.8 Å². The quantitative estimate of drug-likeness (QED) is 0.258. The smallest absolute Gasteiger partial charge is 0.328 e. The van der Waals surface area contributed by atoms with Crippen molar-refractivity contribution >= 4 is 5.97 Å². The molecule has 0 aromatic carbocycles. The zero-order chi connectivity index (χ0) is 16.3. The maximum absolute atomic E-state index is 10.2. The predicted octanol–water partition coefficient (Wildman–Crippen LogP) is 5.99. The molecule has 0 aliphatic heterocycles. The number of hydrogen-bond donors (Lipinski definition) is 1. The van der Waals surface area contributed by atoms with Crippen LogP contribution in [0, 0.1) is 0 Å². The van der Waals surface area contributed by atoms with Crippen molar-refractivity contribution in [1.82, 2.24) is 0 Å². The van der Waals surface area contributed by atoms with Crippen molar-refractivity contribution < 1.29 is 9.90 Å². The van der Waals surface area contributed by atoms with Crippen LogP contribution in [0.5, 0.6) is 0 Å². The van der Waals surface area contributed by atoms with Crippen LogP contribution in [0.25, 0.3) is 0 Å². The molecule has 1 N–H and O–H groups in total. The number of rotatable bonds is 13. The number of unbranched alkanes of at least 4 members (excludes halogenated alkanes) is 7. The van der Waals surface area contributed by atoms with Crippen LogP contribution in [0.1, 0.15) is 58.3 Å². The third-order valence-electron chi connectivity index (χ3n) is 3.13. The minimum Gasteiger partial charge on any atom is -0.478 e. The summed E-state index contributed by atoms with van der Waals surface area (Å²) in [5, 5.41) is 8.38. The molecule has 0 saturated heterocycles. The van der Waals surface area contributed by atoms with Gasteiger partial charge in [-0.3, -0.25) is 0 Å². The van der Waals surface area contributed by atoms with Crippen LogP contribution in [-0.4, -0.2) is 11.1 Å². The van der Waals surface area contributed by atoms with Crippen LogP contribution in [0.3, 0.4) is 0 Å². The first-order valence-corrected chi connectivity index (χ1v) is 8.33. The molecule has 0 bridgehead atoms. The van der Waals surface area contributed by atoms with Gasteiger partial charge in [-0.05, 0) is 12.8 Å². The number of carboxylic acid groups (broad SMARTS) is 1. The van der Waals surface area contributed by atoms with Crippen molar-refractivity contribution in [3.8, 4) is 0 Å².